The molecule has 0 amide bonds. The first-order chi connectivity index (χ1) is 12.9. The zero-order valence-corrected chi connectivity index (χ0v) is 14.6. The van der Waals surface area contributed by atoms with Gasteiger partial charge in [-0.3, -0.25) is 4.90 Å². The normalized spacial score (nSPS) is 17.4. The average molecular weight is 343 g/mol. The van der Waals surface area contributed by atoms with Crippen molar-refractivity contribution < 1.29 is 4.74 Å². The number of nitrogens with zero attached hydrogens (tertiary/aromatic N) is 2. The second kappa shape index (κ2) is 6.46. The highest BCUT2D eigenvalue weighted by molar-refractivity contribution is 5.90. The van der Waals surface area contributed by atoms with Gasteiger partial charge in [-0.25, -0.2) is 4.98 Å². The molecule has 1 N–H and O–H groups in total. The number of hydrogen-bond acceptors (Lipinski definition) is 3. The van der Waals surface area contributed by atoms with Gasteiger partial charge in [-0.2, -0.15) is 0 Å². The molecular formula is C22H21N3O. The molecule has 1 aromatic carbocycles. The molecule has 130 valence electrons. The largest absolute Gasteiger partial charge is 0.489 e. The summed E-state index contributed by atoms with van der Waals surface area (Å²) in [6.07, 6.45) is 9.62. The van der Waals surface area contributed by atoms with Gasteiger partial charge >= 0.3 is 0 Å². The Kier molecular flexibility index (Phi) is 3.83. The Labute approximate surface area is 152 Å². The Morgan fingerprint density at radius 3 is 3.04 bits per heavy atom. The number of rotatable bonds is 3. The van der Waals surface area contributed by atoms with Gasteiger partial charge in [0.1, 0.15) is 18.0 Å². The summed E-state index contributed by atoms with van der Waals surface area (Å²) >= 11 is 0. The van der Waals surface area contributed by atoms with Crippen LogP contribution in [0.25, 0.3) is 22.7 Å². The molecule has 0 spiro atoms. The smallest absolute Gasteiger partial charge is 0.137 e. The molecule has 0 unspecified atom stereocenters. The molecule has 2 aliphatic rings. The molecule has 0 saturated heterocycles. The highest BCUT2D eigenvalue weighted by Gasteiger charge is 2.18. The van der Waals surface area contributed by atoms with Crippen molar-refractivity contribution >= 4 is 22.7 Å². The lowest BCUT2D eigenvalue weighted by Gasteiger charge is -2.28. The Morgan fingerprint density at radius 2 is 2.12 bits per heavy atom. The summed E-state index contributed by atoms with van der Waals surface area (Å²) in [6, 6.07) is 12.4. The van der Waals surface area contributed by atoms with Crippen molar-refractivity contribution in [2.24, 2.45) is 0 Å². The molecule has 0 radical (unpaired) electrons. The van der Waals surface area contributed by atoms with Gasteiger partial charge < -0.3 is 9.72 Å². The lowest BCUT2D eigenvalue weighted by atomic mass is 9.99. The molecule has 2 aliphatic heterocycles. The van der Waals surface area contributed by atoms with Crippen molar-refractivity contribution in [1.29, 1.82) is 0 Å². The van der Waals surface area contributed by atoms with Gasteiger partial charge in [0.05, 0.1) is 0 Å². The van der Waals surface area contributed by atoms with E-state index in [2.05, 4.69) is 51.4 Å². The SMILES string of the molecule is C1=C(CN2CC=C(c3c[nH]c4ncccc34)CC2)COc2ccccc21. The van der Waals surface area contributed by atoms with E-state index in [0.717, 1.165) is 37.5 Å². The minimum Gasteiger partial charge on any atom is -0.489 e. The van der Waals surface area contributed by atoms with Crippen LogP contribution in [0.15, 0.2) is 60.4 Å². The van der Waals surface area contributed by atoms with Gasteiger partial charge in [-0.05, 0) is 41.8 Å². The van der Waals surface area contributed by atoms with Crippen LogP contribution in [-0.2, 0) is 0 Å². The topological polar surface area (TPSA) is 41.2 Å². The first kappa shape index (κ1) is 15.4. The number of aromatic amines is 1. The summed E-state index contributed by atoms with van der Waals surface area (Å²) in [5.41, 5.74) is 6.21. The fourth-order valence-electron chi connectivity index (χ4n) is 3.86. The molecule has 0 bridgehead atoms. The molecule has 0 atom stereocenters. The van der Waals surface area contributed by atoms with Crippen molar-refractivity contribution in [2.45, 2.75) is 6.42 Å². The number of fused-ring (bicyclic) bond motifs is 2. The van der Waals surface area contributed by atoms with Crippen LogP contribution < -0.4 is 4.74 Å². The molecule has 4 heterocycles. The van der Waals surface area contributed by atoms with E-state index in [1.54, 1.807) is 0 Å². The van der Waals surface area contributed by atoms with E-state index >= 15 is 0 Å². The number of hydrogen-bond donors (Lipinski definition) is 1. The molecule has 3 aromatic rings. The lowest BCUT2D eigenvalue weighted by Crippen LogP contribution is -2.32. The molecule has 5 rings (SSSR count). The maximum Gasteiger partial charge on any atom is 0.137 e. The van der Waals surface area contributed by atoms with E-state index in [1.807, 2.05) is 24.4 Å². The maximum atomic E-state index is 5.88. The first-order valence-corrected chi connectivity index (χ1v) is 9.12. The lowest BCUT2D eigenvalue weighted by molar-refractivity contribution is 0.292. The van der Waals surface area contributed by atoms with E-state index < -0.39 is 0 Å². The van der Waals surface area contributed by atoms with Crippen molar-refractivity contribution in [2.75, 3.05) is 26.2 Å². The Bertz CT molecular complexity index is 1010. The maximum absolute atomic E-state index is 5.88. The van der Waals surface area contributed by atoms with Crippen LogP contribution in [0.3, 0.4) is 0 Å². The van der Waals surface area contributed by atoms with Gasteiger partial charge in [0.2, 0.25) is 0 Å². The quantitative estimate of drug-likeness (QED) is 0.777. The minimum atomic E-state index is 0.693. The van der Waals surface area contributed by atoms with Crippen LogP contribution in [0.4, 0.5) is 0 Å². The molecule has 2 aromatic heterocycles. The number of benzene rings is 1. The molecule has 4 nitrogen and oxygen atoms in total. The third-order valence-electron chi connectivity index (χ3n) is 5.21. The highest BCUT2D eigenvalue weighted by atomic mass is 16.5. The van der Waals surface area contributed by atoms with Gasteiger partial charge in [-0.15, -0.1) is 0 Å². The predicted octanol–water partition coefficient (Wildman–Crippen LogP) is 4.13. The number of ether oxygens (including phenoxy) is 1. The fourth-order valence-corrected chi connectivity index (χ4v) is 3.86. The molecule has 4 heteroatoms. The van der Waals surface area contributed by atoms with Gasteiger partial charge in [0, 0.05) is 48.5 Å². The van der Waals surface area contributed by atoms with Crippen LogP contribution in [0.2, 0.25) is 0 Å². The highest BCUT2D eigenvalue weighted by Crippen LogP contribution is 2.30. The number of para-hydroxylation sites is 1. The van der Waals surface area contributed by atoms with E-state index in [9.17, 15) is 0 Å². The summed E-state index contributed by atoms with van der Waals surface area (Å²) in [5.74, 6) is 0.991. The Hall–Kier alpha value is -2.85. The van der Waals surface area contributed by atoms with Gasteiger partial charge in [-0.1, -0.05) is 24.3 Å². The third-order valence-corrected chi connectivity index (χ3v) is 5.21. The summed E-state index contributed by atoms with van der Waals surface area (Å²) < 4.78 is 5.88. The van der Waals surface area contributed by atoms with Crippen LogP contribution in [0, 0.1) is 0 Å². The zero-order chi connectivity index (χ0) is 17.3. The van der Waals surface area contributed by atoms with Crippen molar-refractivity contribution in [1.82, 2.24) is 14.9 Å². The standard InChI is InChI=1S/C22H21N3O/c1-2-6-21-18(4-1)12-16(15-26-21)14-25-10-7-17(8-11-25)20-13-24-22-19(20)5-3-9-23-22/h1-7,9,12-13H,8,10-11,14-15H2,(H,23,24). The van der Waals surface area contributed by atoms with Crippen LogP contribution >= 0.6 is 0 Å². The Morgan fingerprint density at radius 1 is 1.15 bits per heavy atom. The second-order valence-corrected chi connectivity index (χ2v) is 6.95. The molecule has 0 aliphatic carbocycles. The third kappa shape index (κ3) is 2.82. The average Bonchev–Trinajstić information content (AvgIpc) is 3.13. The van der Waals surface area contributed by atoms with Crippen LogP contribution in [-0.4, -0.2) is 41.1 Å². The molecular weight excluding hydrogens is 322 g/mol. The van der Waals surface area contributed by atoms with Gasteiger partial charge in [0.25, 0.3) is 0 Å². The molecule has 0 saturated carbocycles. The fraction of sp³-hybridized carbons (Fsp3) is 0.227. The number of pyridine rings is 1. The molecule has 26 heavy (non-hydrogen) atoms. The zero-order valence-electron chi connectivity index (χ0n) is 14.6. The van der Waals surface area contributed by atoms with Crippen molar-refractivity contribution in [3.05, 3.63) is 71.6 Å². The second-order valence-electron chi connectivity index (χ2n) is 6.95. The van der Waals surface area contributed by atoms with Gasteiger partial charge in [0.15, 0.2) is 0 Å². The van der Waals surface area contributed by atoms with Crippen LogP contribution in [0.5, 0.6) is 5.75 Å². The Balaban J connectivity index is 1.31. The van der Waals surface area contributed by atoms with Crippen molar-refractivity contribution in [3.8, 4) is 5.75 Å². The predicted molar refractivity (Wildman–Crippen MR) is 105 cm³/mol. The first-order valence-electron chi connectivity index (χ1n) is 9.12. The number of H-pyrrole nitrogens is 1. The van der Waals surface area contributed by atoms with Crippen molar-refractivity contribution in [3.63, 3.8) is 0 Å². The van der Waals surface area contributed by atoms with E-state index in [4.69, 9.17) is 4.74 Å². The number of nitrogens with one attached hydrogen (secondary N) is 1. The van der Waals surface area contributed by atoms with E-state index in [-0.39, 0.29) is 0 Å². The summed E-state index contributed by atoms with van der Waals surface area (Å²) in [7, 11) is 0. The van der Waals surface area contributed by atoms with E-state index in [1.165, 1.54) is 27.7 Å². The summed E-state index contributed by atoms with van der Waals surface area (Å²) in [5, 5.41) is 1.21. The van der Waals surface area contributed by atoms with E-state index in [0.29, 0.717) is 6.61 Å². The monoisotopic (exact) mass is 343 g/mol. The van der Waals surface area contributed by atoms with Crippen LogP contribution in [0.1, 0.15) is 17.5 Å². The molecule has 0 fully saturated rings. The summed E-state index contributed by atoms with van der Waals surface area (Å²) in [6.45, 7) is 3.70. The minimum absolute atomic E-state index is 0.693. The summed E-state index contributed by atoms with van der Waals surface area (Å²) in [4.78, 5) is 10.2. The number of aromatic nitrogens is 2.